The molecule has 6 nitrogen and oxygen atoms in total. The van der Waals surface area contributed by atoms with E-state index < -0.39 is 0 Å². The molecule has 3 aromatic rings. The Morgan fingerprint density at radius 2 is 2.08 bits per heavy atom. The molecule has 0 N–H and O–H groups in total. The maximum Gasteiger partial charge on any atom is 0.156 e. The number of rotatable bonds is 4. The first-order valence-electron chi connectivity index (χ1n) is 8.72. The zero-order valence-corrected chi connectivity index (χ0v) is 14.4. The highest BCUT2D eigenvalue weighted by molar-refractivity contribution is 5.23. The summed E-state index contributed by atoms with van der Waals surface area (Å²) in [5.74, 6) is 1.25. The van der Waals surface area contributed by atoms with Crippen LogP contribution in [0.2, 0.25) is 0 Å². The lowest BCUT2D eigenvalue weighted by Gasteiger charge is -2.32. The minimum Gasteiger partial charge on any atom is -0.298 e. The van der Waals surface area contributed by atoms with Gasteiger partial charge in [0.15, 0.2) is 5.82 Å². The van der Waals surface area contributed by atoms with Crippen LogP contribution in [0.1, 0.15) is 35.6 Å². The third-order valence-corrected chi connectivity index (χ3v) is 4.87. The average molecular weight is 334 g/mol. The summed E-state index contributed by atoms with van der Waals surface area (Å²) in [5, 5.41) is 0. The molecule has 0 amide bonds. The quantitative estimate of drug-likeness (QED) is 0.734. The maximum atomic E-state index is 4.82. The third-order valence-electron chi connectivity index (χ3n) is 4.87. The molecule has 0 saturated carbocycles. The normalized spacial score (nSPS) is 18.4. The summed E-state index contributed by atoms with van der Waals surface area (Å²) < 4.78 is 1.90. The Morgan fingerprint density at radius 3 is 2.92 bits per heavy atom. The van der Waals surface area contributed by atoms with E-state index >= 15 is 0 Å². The van der Waals surface area contributed by atoms with E-state index in [0.717, 1.165) is 37.6 Å². The van der Waals surface area contributed by atoms with Crippen LogP contribution >= 0.6 is 0 Å². The molecule has 1 saturated heterocycles. The van der Waals surface area contributed by atoms with Crippen LogP contribution in [0.4, 0.5) is 0 Å². The van der Waals surface area contributed by atoms with Crippen LogP contribution in [0.25, 0.3) is 5.82 Å². The number of likely N-dealkylation sites (tertiary alicyclic amines) is 1. The molecule has 0 radical (unpaired) electrons. The van der Waals surface area contributed by atoms with Crippen molar-refractivity contribution in [3.05, 3.63) is 66.4 Å². The number of piperidine rings is 1. The third kappa shape index (κ3) is 3.58. The highest BCUT2D eigenvalue weighted by Gasteiger charge is 2.23. The summed E-state index contributed by atoms with van der Waals surface area (Å²) in [4.78, 5) is 20.1. The number of hydrogen-bond donors (Lipinski definition) is 0. The maximum absolute atomic E-state index is 4.82. The molecule has 1 aliphatic heterocycles. The van der Waals surface area contributed by atoms with Crippen LogP contribution < -0.4 is 0 Å². The molecule has 3 aromatic heterocycles. The van der Waals surface area contributed by atoms with E-state index in [2.05, 4.69) is 32.8 Å². The molecule has 0 aliphatic carbocycles. The number of imidazole rings is 1. The zero-order chi connectivity index (χ0) is 17.1. The lowest BCUT2D eigenvalue weighted by Crippen LogP contribution is -2.34. The van der Waals surface area contributed by atoms with Gasteiger partial charge in [0, 0.05) is 50.0 Å². The molecule has 0 bridgehead atoms. The van der Waals surface area contributed by atoms with E-state index in [1.54, 1.807) is 18.7 Å². The van der Waals surface area contributed by atoms with E-state index in [9.17, 15) is 0 Å². The van der Waals surface area contributed by atoms with Gasteiger partial charge in [-0.15, -0.1) is 0 Å². The fourth-order valence-corrected chi connectivity index (χ4v) is 3.43. The molecule has 1 fully saturated rings. The lowest BCUT2D eigenvalue weighted by atomic mass is 9.94. The summed E-state index contributed by atoms with van der Waals surface area (Å²) in [5.41, 5.74) is 3.68. The molecule has 4 heterocycles. The van der Waals surface area contributed by atoms with Crippen LogP contribution in [-0.4, -0.2) is 42.5 Å². The van der Waals surface area contributed by atoms with Crippen LogP contribution in [0.15, 0.2) is 49.6 Å². The molecule has 25 heavy (non-hydrogen) atoms. The van der Waals surface area contributed by atoms with E-state index in [0.29, 0.717) is 5.92 Å². The highest BCUT2D eigenvalue weighted by atomic mass is 15.1. The first-order chi connectivity index (χ1) is 12.3. The second-order valence-corrected chi connectivity index (χ2v) is 6.65. The summed E-state index contributed by atoms with van der Waals surface area (Å²) in [6.07, 6.45) is 15.3. The van der Waals surface area contributed by atoms with Crippen molar-refractivity contribution in [2.45, 2.75) is 32.2 Å². The Hall–Kier alpha value is -2.60. The van der Waals surface area contributed by atoms with Gasteiger partial charge in [-0.1, -0.05) is 0 Å². The standard InChI is InChI=1S/C19H22N6/c1-15-4-5-20-9-17(15)13-24-7-2-3-16(12-24)18-10-22-11-19(23-18)25-8-6-21-14-25/h4-6,8-11,14,16H,2-3,7,12-13H2,1H3/t16-/m0/s1. The molecule has 0 aromatic carbocycles. The molecular weight excluding hydrogens is 312 g/mol. The molecule has 128 valence electrons. The van der Waals surface area contributed by atoms with E-state index in [1.165, 1.54) is 17.5 Å². The van der Waals surface area contributed by atoms with Crippen molar-refractivity contribution in [2.24, 2.45) is 0 Å². The Bertz CT molecular complexity index is 829. The van der Waals surface area contributed by atoms with Gasteiger partial charge in [0.1, 0.15) is 6.33 Å². The summed E-state index contributed by atoms with van der Waals surface area (Å²) in [6, 6.07) is 2.08. The van der Waals surface area contributed by atoms with Gasteiger partial charge >= 0.3 is 0 Å². The van der Waals surface area contributed by atoms with Crippen molar-refractivity contribution in [3.63, 3.8) is 0 Å². The Balaban J connectivity index is 1.50. The van der Waals surface area contributed by atoms with Crippen molar-refractivity contribution in [3.8, 4) is 5.82 Å². The minimum absolute atomic E-state index is 0.418. The second-order valence-electron chi connectivity index (χ2n) is 6.65. The van der Waals surface area contributed by atoms with Gasteiger partial charge in [0.05, 0.1) is 11.9 Å². The first-order valence-corrected chi connectivity index (χ1v) is 8.72. The predicted octanol–water partition coefficient (Wildman–Crippen LogP) is 2.75. The smallest absolute Gasteiger partial charge is 0.156 e. The summed E-state index contributed by atoms with van der Waals surface area (Å²) in [6.45, 7) is 5.24. The van der Waals surface area contributed by atoms with Crippen LogP contribution in [0, 0.1) is 6.92 Å². The monoisotopic (exact) mass is 334 g/mol. The SMILES string of the molecule is Cc1ccncc1CN1CCC[C@H](c2cncc(-n3ccnc3)n2)C1. The molecule has 0 spiro atoms. The van der Waals surface area contributed by atoms with Gasteiger partial charge in [0.2, 0.25) is 0 Å². The van der Waals surface area contributed by atoms with Crippen molar-refractivity contribution < 1.29 is 0 Å². The number of aryl methyl sites for hydroxylation is 1. The van der Waals surface area contributed by atoms with Gasteiger partial charge in [0.25, 0.3) is 0 Å². The highest BCUT2D eigenvalue weighted by Crippen LogP contribution is 2.27. The van der Waals surface area contributed by atoms with Crippen LogP contribution in [0.3, 0.4) is 0 Å². The van der Waals surface area contributed by atoms with Crippen molar-refractivity contribution in [1.29, 1.82) is 0 Å². The predicted molar refractivity (Wildman–Crippen MR) is 95.4 cm³/mol. The molecule has 1 aliphatic rings. The number of hydrogen-bond acceptors (Lipinski definition) is 5. The molecule has 1 atom stereocenters. The number of nitrogens with zero attached hydrogens (tertiary/aromatic N) is 6. The largest absolute Gasteiger partial charge is 0.298 e. The summed E-state index contributed by atoms with van der Waals surface area (Å²) >= 11 is 0. The van der Waals surface area contributed by atoms with Crippen molar-refractivity contribution >= 4 is 0 Å². The molecule has 0 unspecified atom stereocenters. The number of pyridine rings is 1. The minimum atomic E-state index is 0.418. The van der Waals surface area contributed by atoms with E-state index in [-0.39, 0.29) is 0 Å². The zero-order valence-electron chi connectivity index (χ0n) is 14.4. The topological polar surface area (TPSA) is 59.7 Å². The summed E-state index contributed by atoms with van der Waals surface area (Å²) in [7, 11) is 0. The molecular formula is C19H22N6. The van der Waals surface area contributed by atoms with Gasteiger partial charge < -0.3 is 0 Å². The lowest BCUT2D eigenvalue weighted by molar-refractivity contribution is 0.198. The van der Waals surface area contributed by atoms with Gasteiger partial charge in [-0.3, -0.25) is 19.4 Å². The molecule has 6 heteroatoms. The fraction of sp³-hybridized carbons (Fsp3) is 0.368. The van der Waals surface area contributed by atoms with Gasteiger partial charge in [-0.2, -0.15) is 0 Å². The van der Waals surface area contributed by atoms with Gasteiger partial charge in [-0.25, -0.2) is 9.97 Å². The van der Waals surface area contributed by atoms with Gasteiger partial charge in [-0.05, 0) is 43.5 Å². The number of aromatic nitrogens is 5. The van der Waals surface area contributed by atoms with Crippen LogP contribution in [-0.2, 0) is 6.54 Å². The Labute approximate surface area is 147 Å². The van der Waals surface area contributed by atoms with Crippen molar-refractivity contribution in [2.75, 3.05) is 13.1 Å². The van der Waals surface area contributed by atoms with E-state index in [1.807, 2.05) is 29.4 Å². The van der Waals surface area contributed by atoms with Crippen LogP contribution in [0.5, 0.6) is 0 Å². The Kier molecular flexibility index (Phi) is 4.52. The first kappa shape index (κ1) is 15.9. The fourth-order valence-electron chi connectivity index (χ4n) is 3.43. The average Bonchev–Trinajstić information content (AvgIpc) is 3.19. The second kappa shape index (κ2) is 7.11. The van der Waals surface area contributed by atoms with Crippen molar-refractivity contribution in [1.82, 2.24) is 29.4 Å². The Morgan fingerprint density at radius 1 is 1.12 bits per heavy atom. The van der Waals surface area contributed by atoms with E-state index in [4.69, 9.17) is 4.98 Å². The molecule has 4 rings (SSSR count).